The second-order valence-corrected chi connectivity index (χ2v) is 6.62. The summed E-state index contributed by atoms with van der Waals surface area (Å²) in [4.78, 5) is 13.6. The zero-order chi connectivity index (χ0) is 14.0. The average molecular weight is 285 g/mol. The van der Waals surface area contributed by atoms with E-state index in [1.807, 2.05) is 0 Å². The second kappa shape index (κ2) is 4.96. The van der Waals surface area contributed by atoms with Gasteiger partial charge in [-0.2, -0.15) is 0 Å². The minimum atomic E-state index is -2.95. The summed E-state index contributed by atoms with van der Waals surface area (Å²) in [6.45, 7) is 0.477. The second-order valence-electron chi connectivity index (χ2n) is 4.36. The predicted octanol–water partition coefficient (Wildman–Crippen LogP) is 0.550. The first-order chi connectivity index (χ1) is 8.85. The Morgan fingerprint density at radius 1 is 1.42 bits per heavy atom. The summed E-state index contributed by atoms with van der Waals surface area (Å²) in [5.41, 5.74) is 7.82. The van der Waals surface area contributed by atoms with E-state index >= 15 is 0 Å². The first-order valence-corrected chi connectivity index (χ1v) is 7.75. The van der Waals surface area contributed by atoms with Crippen LogP contribution in [0.3, 0.4) is 0 Å². The SMILES string of the molecule is CS(=O)(=O)CCCNc1cc2[nH]c(=O)oc2cc1N. The number of rotatable bonds is 5. The molecule has 104 valence electrons. The fourth-order valence-corrected chi connectivity index (χ4v) is 2.39. The van der Waals surface area contributed by atoms with Crippen LogP contribution in [0.5, 0.6) is 0 Å². The van der Waals surface area contributed by atoms with Crippen molar-refractivity contribution in [2.75, 3.05) is 29.6 Å². The van der Waals surface area contributed by atoms with Crippen molar-refractivity contribution in [3.63, 3.8) is 0 Å². The summed E-state index contributed by atoms with van der Waals surface area (Å²) in [5, 5.41) is 3.03. The number of fused-ring (bicyclic) bond motifs is 1. The van der Waals surface area contributed by atoms with Crippen molar-refractivity contribution >= 4 is 32.3 Å². The van der Waals surface area contributed by atoms with Gasteiger partial charge < -0.3 is 15.5 Å². The van der Waals surface area contributed by atoms with Gasteiger partial charge in [0.2, 0.25) is 0 Å². The highest BCUT2D eigenvalue weighted by molar-refractivity contribution is 7.90. The minimum Gasteiger partial charge on any atom is -0.408 e. The predicted molar refractivity (Wildman–Crippen MR) is 74.1 cm³/mol. The molecular weight excluding hydrogens is 270 g/mol. The van der Waals surface area contributed by atoms with Crippen LogP contribution in [0.15, 0.2) is 21.3 Å². The summed E-state index contributed by atoms with van der Waals surface area (Å²) in [6, 6.07) is 3.21. The van der Waals surface area contributed by atoms with E-state index in [1.165, 1.54) is 6.26 Å². The van der Waals surface area contributed by atoms with E-state index in [0.29, 0.717) is 35.4 Å². The first kappa shape index (κ1) is 13.5. The molecule has 0 amide bonds. The zero-order valence-electron chi connectivity index (χ0n) is 10.4. The number of H-pyrrole nitrogens is 1. The van der Waals surface area contributed by atoms with E-state index in [2.05, 4.69) is 10.3 Å². The molecule has 8 heteroatoms. The molecule has 1 aromatic carbocycles. The highest BCUT2D eigenvalue weighted by Gasteiger charge is 2.07. The number of anilines is 2. The molecule has 0 spiro atoms. The molecule has 2 rings (SSSR count). The number of nitrogens with one attached hydrogen (secondary N) is 2. The van der Waals surface area contributed by atoms with Gasteiger partial charge in [-0.1, -0.05) is 0 Å². The molecule has 7 nitrogen and oxygen atoms in total. The highest BCUT2D eigenvalue weighted by Crippen LogP contribution is 2.24. The molecule has 2 aromatic rings. The number of nitrogens with two attached hydrogens (primary N) is 1. The third kappa shape index (κ3) is 3.50. The Kier molecular flexibility index (Phi) is 3.52. The van der Waals surface area contributed by atoms with Crippen LogP contribution in [0.25, 0.3) is 11.1 Å². The standard InChI is InChI=1S/C11H15N3O4S/c1-19(16,17)4-2-3-13-8-6-9-10(5-7(8)12)18-11(15)14-9/h5-6,13H,2-4,12H2,1H3,(H,14,15). The number of aromatic amines is 1. The third-order valence-electron chi connectivity index (χ3n) is 2.60. The van der Waals surface area contributed by atoms with Gasteiger partial charge >= 0.3 is 5.76 Å². The smallest absolute Gasteiger partial charge is 0.408 e. The summed E-state index contributed by atoms with van der Waals surface area (Å²) >= 11 is 0. The number of aromatic nitrogens is 1. The average Bonchev–Trinajstić information content (AvgIpc) is 2.62. The Morgan fingerprint density at radius 2 is 2.16 bits per heavy atom. The van der Waals surface area contributed by atoms with E-state index < -0.39 is 15.6 Å². The van der Waals surface area contributed by atoms with E-state index in [4.69, 9.17) is 10.2 Å². The molecule has 19 heavy (non-hydrogen) atoms. The molecule has 0 saturated heterocycles. The summed E-state index contributed by atoms with van der Waals surface area (Å²) in [5.74, 6) is -0.423. The lowest BCUT2D eigenvalue weighted by atomic mass is 10.2. The molecular formula is C11H15N3O4S. The molecule has 1 heterocycles. The normalized spacial score (nSPS) is 11.8. The third-order valence-corrected chi connectivity index (χ3v) is 3.63. The number of oxazole rings is 1. The van der Waals surface area contributed by atoms with Crippen molar-refractivity contribution in [2.45, 2.75) is 6.42 Å². The van der Waals surface area contributed by atoms with Gasteiger partial charge in [0, 0.05) is 18.9 Å². The molecule has 0 radical (unpaired) electrons. The fraction of sp³-hybridized carbons (Fsp3) is 0.364. The molecule has 0 aliphatic heterocycles. The Morgan fingerprint density at radius 3 is 2.84 bits per heavy atom. The van der Waals surface area contributed by atoms with E-state index in [1.54, 1.807) is 12.1 Å². The monoisotopic (exact) mass is 285 g/mol. The number of hydrogen-bond donors (Lipinski definition) is 3. The van der Waals surface area contributed by atoms with E-state index in [-0.39, 0.29) is 5.75 Å². The maximum Gasteiger partial charge on any atom is 0.417 e. The van der Waals surface area contributed by atoms with Gasteiger partial charge in [0.25, 0.3) is 0 Å². The lowest BCUT2D eigenvalue weighted by Crippen LogP contribution is -2.10. The topological polar surface area (TPSA) is 118 Å². The maximum atomic E-state index is 11.0. The van der Waals surface area contributed by atoms with Crippen molar-refractivity contribution in [2.24, 2.45) is 0 Å². The Balaban J connectivity index is 2.08. The van der Waals surface area contributed by atoms with Gasteiger partial charge in [-0.15, -0.1) is 0 Å². The van der Waals surface area contributed by atoms with Crippen LogP contribution in [0.1, 0.15) is 6.42 Å². The Hall–Kier alpha value is -1.96. The van der Waals surface area contributed by atoms with Crippen LogP contribution in [-0.2, 0) is 9.84 Å². The van der Waals surface area contributed by atoms with Crippen molar-refractivity contribution in [3.8, 4) is 0 Å². The van der Waals surface area contributed by atoms with Crippen molar-refractivity contribution in [3.05, 3.63) is 22.7 Å². The Labute approximate surface area is 109 Å². The fourth-order valence-electron chi connectivity index (χ4n) is 1.72. The number of sulfone groups is 1. The lowest BCUT2D eigenvalue weighted by molar-refractivity contribution is 0.555. The van der Waals surface area contributed by atoms with Gasteiger partial charge in [0.15, 0.2) is 5.58 Å². The van der Waals surface area contributed by atoms with Gasteiger partial charge in [-0.3, -0.25) is 4.98 Å². The van der Waals surface area contributed by atoms with Gasteiger partial charge in [0.05, 0.1) is 22.6 Å². The van der Waals surface area contributed by atoms with Crippen LogP contribution >= 0.6 is 0 Å². The van der Waals surface area contributed by atoms with Crippen molar-refractivity contribution < 1.29 is 12.8 Å². The first-order valence-electron chi connectivity index (χ1n) is 5.69. The Bertz CT molecular complexity index is 745. The number of benzene rings is 1. The number of hydrogen-bond acceptors (Lipinski definition) is 6. The molecule has 0 unspecified atom stereocenters. The summed E-state index contributed by atoms with van der Waals surface area (Å²) in [7, 11) is -2.95. The van der Waals surface area contributed by atoms with Crippen LogP contribution in [0, 0.1) is 0 Å². The molecule has 0 bridgehead atoms. The maximum absolute atomic E-state index is 11.0. The zero-order valence-corrected chi connectivity index (χ0v) is 11.2. The summed E-state index contributed by atoms with van der Waals surface area (Å²) in [6.07, 6.45) is 1.68. The minimum absolute atomic E-state index is 0.116. The number of nitrogen functional groups attached to an aromatic ring is 1. The molecule has 0 aliphatic rings. The largest absolute Gasteiger partial charge is 0.417 e. The van der Waals surface area contributed by atoms with Crippen LogP contribution < -0.4 is 16.8 Å². The molecule has 0 atom stereocenters. The highest BCUT2D eigenvalue weighted by atomic mass is 32.2. The quantitative estimate of drug-likeness (QED) is 0.545. The molecule has 1 aromatic heterocycles. The van der Waals surface area contributed by atoms with Crippen molar-refractivity contribution in [1.82, 2.24) is 4.98 Å². The van der Waals surface area contributed by atoms with Crippen LogP contribution in [0.2, 0.25) is 0 Å². The van der Waals surface area contributed by atoms with Gasteiger partial charge in [-0.25, -0.2) is 13.2 Å². The van der Waals surface area contributed by atoms with Crippen molar-refractivity contribution in [1.29, 1.82) is 0 Å². The summed E-state index contributed by atoms with van der Waals surface area (Å²) < 4.78 is 26.8. The van der Waals surface area contributed by atoms with Crippen LogP contribution in [-0.4, -0.2) is 32.0 Å². The lowest BCUT2D eigenvalue weighted by Gasteiger charge is -2.08. The molecule has 0 saturated carbocycles. The van der Waals surface area contributed by atoms with Gasteiger partial charge in [-0.05, 0) is 12.5 Å². The molecule has 4 N–H and O–H groups in total. The molecule has 0 aliphatic carbocycles. The van der Waals surface area contributed by atoms with E-state index in [0.717, 1.165) is 0 Å². The molecule has 0 fully saturated rings. The van der Waals surface area contributed by atoms with E-state index in [9.17, 15) is 13.2 Å². The van der Waals surface area contributed by atoms with Crippen LogP contribution in [0.4, 0.5) is 11.4 Å². The van der Waals surface area contributed by atoms with Gasteiger partial charge in [0.1, 0.15) is 9.84 Å².